The van der Waals surface area contributed by atoms with E-state index in [1.807, 2.05) is 0 Å². The molecule has 0 N–H and O–H groups in total. The number of halogens is 1. The molecule has 1 aromatic rings. The van der Waals surface area contributed by atoms with Crippen molar-refractivity contribution in [3.63, 3.8) is 0 Å². The van der Waals surface area contributed by atoms with Gasteiger partial charge in [0.25, 0.3) is 0 Å². The summed E-state index contributed by atoms with van der Waals surface area (Å²) in [5, 5.41) is 0.0423. The van der Waals surface area contributed by atoms with Crippen LogP contribution in [0, 0.1) is 6.07 Å². The summed E-state index contributed by atoms with van der Waals surface area (Å²) >= 11 is 3.10. The van der Waals surface area contributed by atoms with Crippen LogP contribution in [0.15, 0.2) is 21.8 Å². The smallest absolute Gasteiger partial charge is 0.192 e. The van der Waals surface area contributed by atoms with Crippen molar-refractivity contribution in [2.75, 3.05) is 6.26 Å². The van der Waals surface area contributed by atoms with Crippen molar-refractivity contribution in [3.8, 4) is 0 Å². The standard InChI is InChI=1S/C6H5BrNO2S/c1-11(9,10)6-3-2-5(7)4-8-6/h3-4H,1H3. The summed E-state index contributed by atoms with van der Waals surface area (Å²) in [4.78, 5) is 3.68. The van der Waals surface area contributed by atoms with Gasteiger partial charge >= 0.3 is 0 Å². The summed E-state index contributed by atoms with van der Waals surface area (Å²) in [5.74, 6) is 0. The van der Waals surface area contributed by atoms with Gasteiger partial charge in [0.2, 0.25) is 0 Å². The van der Waals surface area contributed by atoms with Crippen molar-refractivity contribution < 1.29 is 8.42 Å². The van der Waals surface area contributed by atoms with Crippen LogP contribution in [-0.2, 0) is 9.84 Å². The highest BCUT2D eigenvalue weighted by atomic mass is 79.9. The molecule has 1 radical (unpaired) electrons. The van der Waals surface area contributed by atoms with E-state index in [0.717, 1.165) is 6.26 Å². The third-order valence-electron chi connectivity index (χ3n) is 1.02. The van der Waals surface area contributed by atoms with Gasteiger partial charge in [0, 0.05) is 23.0 Å². The Morgan fingerprint density at radius 2 is 2.27 bits per heavy atom. The summed E-state index contributed by atoms with van der Waals surface area (Å²) in [6.45, 7) is 0. The highest BCUT2D eigenvalue weighted by Crippen LogP contribution is 2.09. The van der Waals surface area contributed by atoms with Gasteiger partial charge in [-0.05, 0) is 22.0 Å². The van der Waals surface area contributed by atoms with E-state index < -0.39 is 9.84 Å². The molecule has 0 aromatic carbocycles. The Balaban J connectivity index is 3.20. The van der Waals surface area contributed by atoms with Crippen LogP contribution >= 0.6 is 15.9 Å². The highest BCUT2D eigenvalue weighted by Gasteiger charge is 2.06. The van der Waals surface area contributed by atoms with Crippen LogP contribution in [0.3, 0.4) is 0 Å². The lowest BCUT2D eigenvalue weighted by Crippen LogP contribution is -1.99. The van der Waals surface area contributed by atoms with E-state index in [1.54, 1.807) is 0 Å². The van der Waals surface area contributed by atoms with E-state index in [4.69, 9.17) is 0 Å². The van der Waals surface area contributed by atoms with E-state index in [2.05, 4.69) is 27.0 Å². The molecule has 11 heavy (non-hydrogen) atoms. The van der Waals surface area contributed by atoms with Gasteiger partial charge in [0.05, 0.1) is 0 Å². The molecule has 0 aliphatic heterocycles. The summed E-state index contributed by atoms with van der Waals surface area (Å²) in [6.07, 6.45) is 2.51. The third kappa shape index (κ3) is 2.27. The fraction of sp³-hybridized carbons (Fsp3) is 0.167. The van der Waals surface area contributed by atoms with Crippen molar-refractivity contribution in [3.05, 3.63) is 22.8 Å². The fourth-order valence-corrected chi connectivity index (χ4v) is 1.26. The lowest BCUT2D eigenvalue weighted by molar-refractivity contribution is 0.598. The second-order valence-electron chi connectivity index (χ2n) is 2.01. The quantitative estimate of drug-likeness (QED) is 0.730. The lowest BCUT2D eigenvalue weighted by atomic mass is 10.5. The van der Waals surface area contributed by atoms with Gasteiger partial charge in [-0.25, -0.2) is 13.4 Å². The maximum absolute atomic E-state index is 10.8. The van der Waals surface area contributed by atoms with Crippen LogP contribution in [0.4, 0.5) is 0 Å². The number of nitrogens with zero attached hydrogens (tertiary/aromatic N) is 1. The highest BCUT2D eigenvalue weighted by molar-refractivity contribution is 9.10. The first-order valence-corrected chi connectivity index (χ1v) is 5.42. The Hall–Kier alpha value is -0.420. The molecule has 0 atom stereocenters. The SMILES string of the molecule is CS(=O)(=O)c1c[c]c(Br)cn1. The molecule has 0 aliphatic carbocycles. The molecule has 1 heterocycles. The zero-order valence-electron chi connectivity index (χ0n) is 5.70. The molecular weight excluding hydrogens is 230 g/mol. The number of hydrogen-bond donors (Lipinski definition) is 0. The Morgan fingerprint density at radius 1 is 1.64 bits per heavy atom. The molecule has 59 valence electrons. The van der Waals surface area contributed by atoms with Crippen LogP contribution in [0.5, 0.6) is 0 Å². The van der Waals surface area contributed by atoms with Crippen LogP contribution in [-0.4, -0.2) is 19.7 Å². The average Bonchev–Trinajstić information content (AvgIpc) is 1.86. The van der Waals surface area contributed by atoms with Gasteiger partial charge in [0.1, 0.15) is 0 Å². The Labute approximate surface area is 73.5 Å². The predicted octanol–water partition coefficient (Wildman–Crippen LogP) is 1.05. The van der Waals surface area contributed by atoms with E-state index in [9.17, 15) is 8.42 Å². The maximum atomic E-state index is 10.8. The van der Waals surface area contributed by atoms with Gasteiger partial charge in [0.15, 0.2) is 14.9 Å². The molecule has 0 saturated heterocycles. The second kappa shape index (κ2) is 2.91. The minimum atomic E-state index is -3.18. The van der Waals surface area contributed by atoms with Gasteiger partial charge in [-0.3, -0.25) is 0 Å². The summed E-state index contributed by atoms with van der Waals surface area (Å²) in [6, 6.07) is 4.01. The number of hydrogen-bond acceptors (Lipinski definition) is 3. The molecule has 3 nitrogen and oxygen atoms in total. The van der Waals surface area contributed by atoms with Gasteiger partial charge in [-0.2, -0.15) is 0 Å². The van der Waals surface area contributed by atoms with Crippen molar-refractivity contribution in [1.82, 2.24) is 4.98 Å². The minimum absolute atomic E-state index is 0.0423. The maximum Gasteiger partial charge on any atom is 0.192 e. The predicted molar refractivity (Wildman–Crippen MR) is 43.9 cm³/mol. The van der Waals surface area contributed by atoms with E-state index in [-0.39, 0.29) is 5.03 Å². The van der Waals surface area contributed by atoms with E-state index >= 15 is 0 Å². The van der Waals surface area contributed by atoms with Crippen molar-refractivity contribution in [1.29, 1.82) is 0 Å². The van der Waals surface area contributed by atoms with Gasteiger partial charge in [-0.1, -0.05) is 0 Å². The Bertz CT molecular complexity index is 343. The molecule has 5 heteroatoms. The van der Waals surface area contributed by atoms with Crippen LogP contribution in [0.1, 0.15) is 0 Å². The Morgan fingerprint density at radius 3 is 2.64 bits per heavy atom. The molecule has 0 bridgehead atoms. The number of rotatable bonds is 1. The molecule has 0 fully saturated rings. The Kier molecular flexibility index (Phi) is 2.29. The topological polar surface area (TPSA) is 47.0 Å². The summed E-state index contributed by atoms with van der Waals surface area (Å²) in [5.41, 5.74) is 0. The van der Waals surface area contributed by atoms with Crippen molar-refractivity contribution >= 4 is 25.8 Å². The van der Waals surface area contributed by atoms with Gasteiger partial charge in [-0.15, -0.1) is 0 Å². The van der Waals surface area contributed by atoms with E-state index in [0.29, 0.717) is 4.47 Å². The van der Waals surface area contributed by atoms with E-state index in [1.165, 1.54) is 12.3 Å². The monoisotopic (exact) mass is 234 g/mol. The molecule has 0 aliphatic rings. The molecule has 1 rings (SSSR count). The summed E-state index contributed by atoms with van der Waals surface area (Å²) < 4.78 is 22.3. The van der Waals surface area contributed by atoms with Crippen LogP contribution < -0.4 is 0 Å². The summed E-state index contributed by atoms with van der Waals surface area (Å²) in [7, 11) is -3.18. The molecule has 0 amide bonds. The van der Waals surface area contributed by atoms with Crippen LogP contribution in [0.2, 0.25) is 0 Å². The molecule has 0 spiro atoms. The molecular formula is C6H5BrNO2S. The first-order valence-electron chi connectivity index (χ1n) is 2.73. The molecule has 1 aromatic heterocycles. The zero-order valence-corrected chi connectivity index (χ0v) is 8.11. The normalized spacial score (nSPS) is 11.5. The third-order valence-corrected chi connectivity index (χ3v) is 2.44. The fourth-order valence-electron chi connectivity index (χ4n) is 0.528. The largest absolute Gasteiger partial charge is 0.244 e. The minimum Gasteiger partial charge on any atom is -0.244 e. The number of sulfone groups is 1. The zero-order chi connectivity index (χ0) is 8.48. The van der Waals surface area contributed by atoms with Gasteiger partial charge < -0.3 is 0 Å². The first kappa shape index (κ1) is 8.67. The van der Waals surface area contributed by atoms with Crippen molar-refractivity contribution in [2.24, 2.45) is 0 Å². The molecule has 0 saturated carbocycles. The molecule has 0 unspecified atom stereocenters. The number of aromatic nitrogens is 1. The van der Waals surface area contributed by atoms with Crippen LogP contribution in [0.25, 0.3) is 0 Å². The average molecular weight is 235 g/mol. The number of pyridine rings is 1. The van der Waals surface area contributed by atoms with Crippen molar-refractivity contribution in [2.45, 2.75) is 5.03 Å². The second-order valence-corrected chi connectivity index (χ2v) is 4.82. The lowest BCUT2D eigenvalue weighted by Gasteiger charge is -1.94. The first-order chi connectivity index (χ1) is 5.00.